The lowest BCUT2D eigenvalue weighted by Gasteiger charge is -2.34. The molecular formula is C14H20N4O3. The second-order valence-corrected chi connectivity index (χ2v) is 5.13. The molecule has 2 rings (SSSR count). The van der Waals surface area contributed by atoms with Gasteiger partial charge >= 0.3 is 0 Å². The van der Waals surface area contributed by atoms with Crippen molar-refractivity contribution in [3.8, 4) is 5.75 Å². The minimum absolute atomic E-state index is 0.0431. The highest BCUT2D eigenvalue weighted by molar-refractivity contribution is 5.97. The van der Waals surface area contributed by atoms with Gasteiger partial charge in [-0.05, 0) is 18.6 Å². The summed E-state index contributed by atoms with van der Waals surface area (Å²) in [4.78, 5) is 16.1. The van der Waals surface area contributed by atoms with Crippen LogP contribution in [0.5, 0.6) is 5.75 Å². The van der Waals surface area contributed by atoms with Gasteiger partial charge in [0, 0.05) is 26.2 Å². The maximum Gasteiger partial charge on any atom is 0.257 e. The van der Waals surface area contributed by atoms with E-state index in [0.29, 0.717) is 43.9 Å². The summed E-state index contributed by atoms with van der Waals surface area (Å²) in [6.45, 7) is 4.54. The molecule has 21 heavy (non-hydrogen) atoms. The number of carbonyl (C=O) groups is 1. The molecule has 1 fully saturated rings. The lowest BCUT2D eigenvalue weighted by molar-refractivity contribution is 0.0650. The first-order valence-corrected chi connectivity index (χ1v) is 6.79. The molecule has 0 unspecified atom stereocenters. The van der Waals surface area contributed by atoms with Crippen molar-refractivity contribution in [2.24, 2.45) is 10.9 Å². The Morgan fingerprint density at radius 1 is 1.33 bits per heavy atom. The number of phenolic OH excluding ortho intramolecular Hbond substituents is 1. The Hall–Kier alpha value is -2.28. The van der Waals surface area contributed by atoms with Gasteiger partial charge in [-0.2, -0.15) is 0 Å². The van der Waals surface area contributed by atoms with Crippen LogP contribution >= 0.6 is 0 Å². The van der Waals surface area contributed by atoms with Crippen molar-refractivity contribution in [3.05, 3.63) is 29.3 Å². The standard InChI is InChI=1S/C14H20N4O3/c1-10-3-2-4-11(13(10)19)14(20)18-7-5-17(6-8-18)9-12(15)16-21/h2-4,19,21H,5-9H2,1H3,(H2,15,16). The van der Waals surface area contributed by atoms with Gasteiger partial charge in [-0.1, -0.05) is 17.3 Å². The van der Waals surface area contributed by atoms with Crippen molar-refractivity contribution in [1.82, 2.24) is 9.80 Å². The topological polar surface area (TPSA) is 102 Å². The molecule has 114 valence electrons. The lowest BCUT2D eigenvalue weighted by atomic mass is 10.1. The first-order valence-electron chi connectivity index (χ1n) is 6.79. The van der Waals surface area contributed by atoms with Crippen LogP contribution in [0.2, 0.25) is 0 Å². The molecule has 0 aliphatic carbocycles. The van der Waals surface area contributed by atoms with Gasteiger partial charge < -0.3 is 20.9 Å². The van der Waals surface area contributed by atoms with Crippen LogP contribution < -0.4 is 5.73 Å². The highest BCUT2D eigenvalue weighted by atomic mass is 16.4. The number of hydrogen-bond donors (Lipinski definition) is 3. The number of para-hydroxylation sites is 1. The Balaban J connectivity index is 1.99. The summed E-state index contributed by atoms with van der Waals surface area (Å²) < 4.78 is 0. The molecule has 1 saturated heterocycles. The van der Waals surface area contributed by atoms with E-state index >= 15 is 0 Å². The molecule has 1 aliphatic rings. The normalized spacial score (nSPS) is 17.0. The van der Waals surface area contributed by atoms with Gasteiger partial charge in [0.15, 0.2) is 5.84 Å². The van der Waals surface area contributed by atoms with Crippen molar-refractivity contribution in [3.63, 3.8) is 0 Å². The van der Waals surface area contributed by atoms with Crippen molar-refractivity contribution in [1.29, 1.82) is 0 Å². The molecule has 1 heterocycles. The highest BCUT2D eigenvalue weighted by Gasteiger charge is 2.24. The number of nitrogens with zero attached hydrogens (tertiary/aromatic N) is 3. The molecule has 7 nitrogen and oxygen atoms in total. The van der Waals surface area contributed by atoms with Gasteiger partial charge in [0.25, 0.3) is 5.91 Å². The summed E-state index contributed by atoms with van der Waals surface area (Å²) >= 11 is 0. The number of aryl methyl sites for hydroxylation is 1. The van der Waals surface area contributed by atoms with Gasteiger partial charge in [0.2, 0.25) is 0 Å². The maximum absolute atomic E-state index is 12.4. The molecule has 1 aromatic carbocycles. The summed E-state index contributed by atoms with van der Waals surface area (Å²) in [5.74, 6) is 0.0346. The number of oxime groups is 1. The van der Waals surface area contributed by atoms with Crippen LogP contribution in [0.3, 0.4) is 0 Å². The van der Waals surface area contributed by atoms with E-state index in [2.05, 4.69) is 5.16 Å². The van der Waals surface area contributed by atoms with E-state index in [4.69, 9.17) is 10.9 Å². The molecule has 1 aromatic rings. The Morgan fingerprint density at radius 2 is 2.00 bits per heavy atom. The first-order chi connectivity index (χ1) is 10.0. The number of aromatic hydroxyl groups is 1. The van der Waals surface area contributed by atoms with E-state index in [0.717, 1.165) is 0 Å². The average Bonchev–Trinajstić information content (AvgIpc) is 2.50. The number of amides is 1. The molecule has 0 spiro atoms. The number of benzene rings is 1. The molecule has 0 aromatic heterocycles. The third kappa shape index (κ3) is 3.43. The van der Waals surface area contributed by atoms with Gasteiger partial charge in [-0.25, -0.2) is 0 Å². The second kappa shape index (κ2) is 6.45. The number of hydrogen-bond acceptors (Lipinski definition) is 5. The Labute approximate surface area is 123 Å². The summed E-state index contributed by atoms with van der Waals surface area (Å²) in [5.41, 5.74) is 6.49. The molecule has 0 saturated carbocycles. The molecule has 4 N–H and O–H groups in total. The second-order valence-electron chi connectivity index (χ2n) is 5.13. The van der Waals surface area contributed by atoms with E-state index in [9.17, 15) is 9.90 Å². The largest absolute Gasteiger partial charge is 0.507 e. The van der Waals surface area contributed by atoms with Gasteiger partial charge in [-0.15, -0.1) is 0 Å². The molecule has 0 radical (unpaired) electrons. The molecule has 1 amide bonds. The number of rotatable bonds is 3. The fraction of sp³-hybridized carbons (Fsp3) is 0.429. The summed E-state index contributed by atoms with van der Waals surface area (Å²) in [6.07, 6.45) is 0. The van der Waals surface area contributed by atoms with Crippen LogP contribution in [-0.4, -0.2) is 64.6 Å². The van der Waals surface area contributed by atoms with E-state index in [-0.39, 0.29) is 17.5 Å². The van der Waals surface area contributed by atoms with Crippen LogP contribution in [0.1, 0.15) is 15.9 Å². The predicted octanol–water partition coefficient (Wildman–Crippen LogP) is 0.205. The quantitative estimate of drug-likeness (QED) is 0.320. The van der Waals surface area contributed by atoms with Gasteiger partial charge in [0.05, 0.1) is 12.1 Å². The molecular weight excluding hydrogens is 272 g/mol. The van der Waals surface area contributed by atoms with Crippen LogP contribution in [0, 0.1) is 6.92 Å². The van der Waals surface area contributed by atoms with Crippen LogP contribution in [0.15, 0.2) is 23.4 Å². The molecule has 0 atom stereocenters. The molecule has 0 bridgehead atoms. The van der Waals surface area contributed by atoms with Crippen LogP contribution in [-0.2, 0) is 0 Å². The predicted molar refractivity (Wildman–Crippen MR) is 78.6 cm³/mol. The number of amidine groups is 1. The van der Waals surface area contributed by atoms with Crippen molar-refractivity contribution in [2.75, 3.05) is 32.7 Å². The number of carbonyl (C=O) groups excluding carboxylic acids is 1. The van der Waals surface area contributed by atoms with E-state index in [1.165, 1.54) is 0 Å². The Kier molecular flexibility index (Phi) is 4.64. The van der Waals surface area contributed by atoms with Crippen molar-refractivity contribution in [2.45, 2.75) is 6.92 Å². The van der Waals surface area contributed by atoms with Crippen molar-refractivity contribution >= 4 is 11.7 Å². The third-order valence-corrected chi connectivity index (χ3v) is 3.64. The first kappa shape index (κ1) is 15.1. The van der Waals surface area contributed by atoms with Gasteiger partial charge in [0.1, 0.15) is 5.75 Å². The number of phenols is 1. The summed E-state index contributed by atoms with van der Waals surface area (Å²) in [7, 11) is 0. The highest BCUT2D eigenvalue weighted by Crippen LogP contribution is 2.23. The molecule has 1 aliphatic heterocycles. The summed E-state index contributed by atoms with van der Waals surface area (Å²) in [5, 5.41) is 21.5. The van der Waals surface area contributed by atoms with Crippen LogP contribution in [0.25, 0.3) is 0 Å². The van der Waals surface area contributed by atoms with Crippen molar-refractivity contribution < 1.29 is 15.1 Å². The smallest absolute Gasteiger partial charge is 0.257 e. The zero-order valence-electron chi connectivity index (χ0n) is 12.0. The van der Waals surface area contributed by atoms with E-state index in [1.807, 2.05) is 4.90 Å². The SMILES string of the molecule is Cc1cccc(C(=O)N2CCN(CC(N)=NO)CC2)c1O. The monoisotopic (exact) mass is 292 g/mol. The minimum atomic E-state index is -0.167. The van der Waals surface area contributed by atoms with Crippen LogP contribution in [0.4, 0.5) is 0 Å². The number of nitrogens with two attached hydrogens (primary N) is 1. The Morgan fingerprint density at radius 3 is 2.62 bits per heavy atom. The third-order valence-electron chi connectivity index (χ3n) is 3.64. The maximum atomic E-state index is 12.4. The fourth-order valence-corrected chi connectivity index (χ4v) is 2.37. The zero-order chi connectivity index (χ0) is 15.4. The summed E-state index contributed by atoms with van der Waals surface area (Å²) in [6, 6.07) is 5.16. The zero-order valence-corrected chi connectivity index (χ0v) is 12.0. The number of piperazine rings is 1. The fourth-order valence-electron chi connectivity index (χ4n) is 2.37. The Bertz CT molecular complexity index is 551. The van der Waals surface area contributed by atoms with Gasteiger partial charge in [-0.3, -0.25) is 9.69 Å². The van der Waals surface area contributed by atoms with E-state index < -0.39 is 0 Å². The lowest BCUT2D eigenvalue weighted by Crippen LogP contribution is -2.50. The van der Waals surface area contributed by atoms with E-state index in [1.54, 1.807) is 30.0 Å². The minimum Gasteiger partial charge on any atom is -0.507 e. The average molecular weight is 292 g/mol. The molecule has 7 heteroatoms.